The molecule has 0 aliphatic carbocycles. The molecule has 2 aromatic rings. The van der Waals surface area contributed by atoms with E-state index in [1.54, 1.807) is 12.1 Å². The summed E-state index contributed by atoms with van der Waals surface area (Å²) in [5, 5.41) is 2.93. The highest BCUT2D eigenvalue weighted by molar-refractivity contribution is 9.10. The fourth-order valence-corrected chi connectivity index (χ4v) is 2.96. The maximum Gasteiger partial charge on any atom is 0.256 e. The predicted molar refractivity (Wildman–Crippen MR) is 85.3 cm³/mol. The lowest BCUT2D eigenvalue weighted by atomic mass is 10.1. The molecule has 0 unspecified atom stereocenters. The zero-order chi connectivity index (χ0) is 14.0. The van der Waals surface area contributed by atoms with Crippen molar-refractivity contribution in [3.63, 3.8) is 0 Å². The van der Waals surface area contributed by atoms with Crippen molar-refractivity contribution in [2.75, 3.05) is 5.32 Å². The third-order valence-electron chi connectivity index (χ3n) is 2.82. The summed E-state index contributed by atoms with van der Waals surface area (Å²) in [6.07, 6.45) is 0. The minimum absolute atomic E-state index is 0.154. The van der Waals surface area contributed by atoms with E-state index in [2.05, 4.69) is 33.9 Å². The first kappa shape index (κ1) is 14.2. The maximum atomic E-state index is 12.2. The van der Waals surface area contributed by atoms with Crippen LogP contribution >= 0.6 is 28.6 Å². The summed E-state index contributed by atoms with van der Waals surface area (Å²) in [6, 6.07) is 11.3. The lowest BCUT2D eigenvalue weighted by Gasteiger charge is -2.12. The third kappa shape index (κ3) is 3.19. The Bertz CT molecular complexity index is 617. The van der Waals surface area contributed by atoms with Crippen molar-refractivity contribution in [2.45, 2.75) is 18.7 Å². The Morgan fingerprint density at radius 1 is 1.21 bits per heavy atom. The van der Waals surface area contributed by atoms with Gasteiger partial charge in [-0.3, -0.25) is 4.79 Å². The lowest BCUT2D eigenvalue weighted by Crippen LogP contribution is -2.14. The molecule has 0 aliphatic rings. The molecular weight excluding hydrogens is 322 g/mol. The van der Waals surface area contributed by atoms with Crippen LogP contribution in [0.2, 0.25) is 0 Å². The number of hydrogen-bond acceptors (Lipinski definition) is 2. The number of anilines is 1. The van der Waals surface area contributed by atoms with E-state index in [4.69, 9.17) is 0 Å². The number of benzene rings is 2. The van der Waals surface area contributed by atoms with Gasteiger partial charge in [0.1, 0.15) is 0 Å². The molecule has 2 nitrogen and oxygen atoms in total. The second kappa shape index (κ2) is 5.80. The molecule has 0 spiro atoms. The Labute approximate surface area is 126 Å². The predicted octanol–water partition coefficient (Wildman–Crippen LogP) is 4.61. The maximum absolute atomic E-state index is 12.2. The number of amides is 1. The number of nitrogens with one attached hydrogen (secondary N) is 1. The largest absolute Gasteiger partial charge is 0.321 e. The Morgan fingerprint density at radius 3 is 2.53 bits per heavy atom. The number of carbonyl (C=O) groups excluding carboxylic acids is 1. The molecule has 1 N–H and O–H groups in total. The highest BCUT2D eigenvalue weighted by Crippen LogP contribution is 2.28. The molecule has 19 heavy (non-hydrogen) atoms. The van der Waals surface area contributed by atoms with Gasteiger partial charge >= 0.3 is 0 Å². The van der Waals surface area contributed by atoms with E-state index in [0.717, 1.165) is 21.3 Å². The Hall–Kier alpha value is -1.26. The molecule has 98 valence electrons. The second-order valence-corrected chi connectivity index (χ2v) is 5.75. The van der Waals surface area contributed by atoms with Gasteiger partial charge in [0.05, 0.1) is 11.3 Å². The van der Waals surface area contributed by atoms with Crippen LogP contribution < -0.4 is 5.32 Å². The van der Waals surface area contributed by atoms with Crippen LogP contribution in [-0.2, 0) is 0 Å². The molecule has 2 aromatic carbocycles. The van der Waals surface area contributed by atoms with Crippen LogP contribution in [0.5, 0.6) is 0 Å². The number of rotatable bonds is 2. The molecule has 0 saturated heterocycles. The average Bonchev–Trinajstić information content (AvgIpc) is 2.34. The van der Waals surface area contributed by atoms with E-state index >= 15 is 0 Å². The molecule has 0 bridgehead atoms. The Balaban J connectivity index is 2.32. The van der Waals surface area contributed by atoms with Crippen LogP contribution in [0.15, 0.2) is 45.8 Å². The van der Waals surface area contributed by atoms with Gasteiger partial charge in [-0.1, -0.05) is 18.2 Å². The Morgan fingerprint density at radius 2 is 1.89 bits per heavy atom. The molecule has 2 rings (SSSR count). The molecule has 0 heterocycles. The number of carbonyl (C=O) groups is 1. The summed E-state index contributed by atoms with van der Waals surface area (Å²) < 4.78 is 0.884. The first-order valence-electron chi connectivity index (χ1n) is 5.85. The highest BCUT2D eigenvalue weighted by Gasteiger charge is 2.12. The molecule has 1 amide bonds. The molecule has 0 aromatic heterocycles. The minimum atomic E-state index is -0.154. The number of halogens is 1. The van der Waals surface area contributed by atoms with Crippen molar-refractivity contribution < 1.29 is 4.79 Å². The lowest BCUT2D eigenvalue weighted by molar-refractivity contribution is 0.102. The van der Waals surface area contributed by atoms with E-state index in [0.29, 0.717) is 10.5 Å². The minimum Gasteiger partial charge on any atom is -0.321 e. The van der Waals surface area contributed by atoms with Gasteiger partial charge in [0.15, 0.2) is 0 Å². The molecule has 0 fully saturated rings. The summed E-state index contributed by atoms with van der Waals surface area (Å²) in [7, 11) is 0. The first-order valence-corrected chi connectivity index (χ1v) is 7.09. The SMILES string of the molecule is Cc1cc(C)c(NC(=O)c2ccccc2S)c(Br)c1. The van der Waals surface area contributed by atoms with Gasteiger partial charge in [0.2, 0.25) is 0 Å². The van der Waals surface area contributed by atoms with Crippen molar-refractivity contribution in [1.82, 2.24) is 0 Å². The first-order chi connectivity index (χ1) is 8.99. The molecule has 0 aliphatic heterocycles. The van der Waals surface area contributed by atoms with Crippen LogP contribution in [0.3, 0.4) is 0 Å². The van der Waals surface area contributed by atoms with Gasteiger partial charge in [-0.15, -0.1) is 12.6 Å². The van der Waals surface area contributed by atoms with Crippen LogP contribution in [0.25, 0.3) is 0 Å². The molecule has 0 atom stereocenters. The zero-order valence-electron chi connectivity index (χ0n) is 10.7. The highest BCUT2D eigenvalue weighted by atomic mass is 79.9. The van der Waals surface area contributed by atoms with Crippen molar-refractivity contribution >= 4 is 40.2 Å². The van der Waals surface area contributed by atoms with E-state index in [1.807, 2.05) is 38.1 Å². The van der Waals surface area contributed by atoms with Gasteiger partial charge in [-0.05, 0) is 59.1 Å². The van der Waals surface area contributed by atoms with Crippen molar-refractivity contribution in [1.29, 1.82) is 0 Å². The molecule has 4 heteroatoms. The van der Waals surface area contributed by atoms with Crippen LogP contribution in [-0.4, -0.2) is 5.91 Å². The van der Waals surface area contributed by atoms with Crippen LogP contribution in [0.1, 0.15) is 21.5 Å². The third-order valence-corrected chi connectivity index (χ3v) is 3.83. The van der Waals surface area contributed by atoms with E-state index < -0.39 is 0 Å². The van der Waals surface area contributed by atoms with Gasteiger partial charge in [-0.25, -0.2) is 0 Å². The Kier molecular flexibility index (Phi) is 4.32. The smallest absolute Gasteiger partial charge is 0.256 e. The van der Waals surface area contributed by atoms with E-state index in [-0.39, 0.29) is 5.91 Å². The summed E-state index contributed by atoms with van der Waals surface area (Å²) in [5.41, 5.74) is 3.54. The average molecular weight is 336 g/mol. The quantitative estimate of drug-likeness (QED) is 0.771. The fraction of sp³-hybridized carbons (Fsp3) is 0.133. The fourth-order valence-electron chi connectivity index (χ4n) is 1.92. The number of hydrogen-bond donors (Lipinski definition) is 2. The van der Waals surface area contributed by atoms with Gasteiger partial charge in [0.25, 0.3) is 5.91 Å². The van der Waals surface area contributed by atoms with Gasteiger partial charge < -0.3 is 5.32 Å². The monoisotopic (exact) mass is 335 g/mol. The zero-order valence-corrected chi connectivity index (χ0v) is 13.2. The van der Waals surface area contributed by atoms with Crippen molar-refractivity contribution in [2.24, 2.45) is 0 Å². The summed E-state index contributed by atoms with van der Waals surface area (Å²) >= 11 is 7.78. The van der Waals surface area contributed by atoms with Crippen molar-refractivity contribution in [3.8, 4) is 0 Å². The molecule has 0 radical (unpaired) electrons. The van der Waals surface area contributed by atoms with E-state index in [9.17, 15) is 4.79 Å². The van der Waals surface area contributed by atoms with Crippen molar-refractivity contribution in [3.05, 3.63) is 57.6 Å². The standard InChI is InChI=1S/C15H14BrNOS/c1-9-7-10(2)14(12(16)8-9)17-15(18)11-5-3-4-6-13(11)19/h3-8,19H,1-2H3,(H,17,18). The molecule has 0 saturated carbocycles. The van der Waals surface area contributed by atoms with E-state index in [1.165, 1.54) is 0 Å². The van der Waals surface area contributed by atoms with Crippen LogP contribution in [0, 0.1) is 13.8 Å². The summed E-state index contributed by atoms with van der Waals surface area (Å²) in [4.78, 5) is 12.9. The topological polar surface area (TPSA) is 29.1 Å². The van der Waals surface area contributed by atoms with Gasteiger partial charge in [0, 0.05) is 9.37 Å². The van der Waals surface area contributed by atoms with Gasteiger partial charge in [-0.2, -0.15) is 0 Å². The summed E-state index contributed by atoms with van der Waals surface area (Å²) in [5.74, 6) is -0.154. The molecular formula is C15H14BrNOS. The summed E-state index contributed by atoms with van der Waals surface area (Å²) in [6.45, 7) is 3.99. The van der Waals surface area contributed by atoms with Crippen LogP contribution in [0.4, 0.5) is 5.69 Å². The normalized spacial score (nSPS) is 10.3. The number of aryl methyl sites for hydroxylation is 2. The number of thiol groups is 1. The second-order valence-electron chi connectivity index (χ2n) is 4.41.